The van der Waals surface area contributed by atoms with Crippen LogP contribution >= 0.6 is 0 Å². The molecule has 0 bridgehead atoms. The summed E-state index contributed by atoms with van der Waals surface area (Å²) >= 11 is 0. The highest BCUT2D eigenvalue weighted by Gasteiger charge is 2.11. The van der Waals surface area contributed by atoms with Gasteiger partial charge in [0.2, 0.25) is 10.0 Å². The summed E-state index contributed by atoms with van der Waals surface area (Å²) in [6.07, 6.45) is 2.48. The Morgan fingerprint density at radius 2 is 2.25 bits per heavy atom. The van der Waals surface area contributed by atoms with Crippen LogP contribution < -0.4 is 5.14 Å². The molecule has 0 amide bonds. The number of primary sulfonamides is 1. The number of rotatable bonds is 3. The average Bonchev–Trinajstić information content (AvgIpc) is 2.74. The third kappa shape index (κ3) is 2.23. The van der Waals surface area contributed by atoms with Crippen molar-refractivity contribution in [2.45, 2.75) is 11.4 Å². The predicted octanol–water partition coefficient (Wildman–Crippen LogP) is -1.90. The number of aryl methyl sites for hydroxylation is 1. The van der Waals surface area contributed by atoms with E-state index in [1.807, 2.05) is 0 Å². The molecule has 2 heterocycles. The fourth-order valence-electron chi connectivity index (χ4n) is 1.11. The molecule has 0 saturated heterocycles. The van der Waals surface area contributed by atoms with Gasteiger partial charge < -0.3 is 0 Å². The fraction of sp³-hybridized carbons (Fsp3) is 0.333. The van der Waals surface area contributed by atoms with Crippen LogP contribution in [0.1, 0.15) is 5.82 Å². The van der Waals surface area contributed by atoms with Crippen molar-refractivity contribution in [3.63, 3.8) is 0 Å². The number of aromatic nitrogens is 6. The van der Waals surface area contributed by atoms with Gasteiger partial charge in [0.15, 0.2) is 5.82 Å². The molecule has 0 saturated carbocycles. The van der Waals surface area contributed by atoms with E-state index in [0.29, 0.717) is 5.82 Å². The number of hydrogen-bond acceptors (Lipinski definition) is 6. The molecule has 0 aliphatic carbocycles. The lowest BCUT2D eigenvalue weighted by Gasteiger charge is -1.94. The Labute approximate surface area is 90.9 Å². The van der Waals surface area contributed by atoms with E-state index in [1.54, 1.807) is 7.05 Å². The van der Waals surface area contributed by atoms with E-state index >= 15 is 0 Å². The van der Waals surface area contributed by atoms with Crippen LogP contribution in [0.4, 0.5) is 0 Å². The second-order valence-electron chi connectivity index (χ2n) is 3.11. The van der Waals surface area contributed by atoms with Gasteiger partial charge in [-0.05, 0) is 5.21 Å². The molecular weight excluding hydrogens is 234 g/mol. The van der Waals surface area contributed by atoms with E-state index in [0.717, 1.165) is 0 Å². The van der Waals surface area contributed by atoms with Crippen LogP contribution in [-0.2, 0) is 23.6 Å². The summed E-state index contributed by atoms with van der Waals surface area (Å²) in [6, 6.07) is 0. The minimum atomic E-state index is -3.71. The van der Waals surface area contributed by atoms with Crippen LogP contribution in [0.2, 0.25) is 0 Å². The summed E-state index contributed by atoms with van der Waals surface area (Å²) in [7, 11) is -2.08. The molecular formula is C6H9N7O2S. The van der Waals surface area contributed by atoms with Crippen molar-refractivity contribution in [3.8, 4) is 0 Å². The Morgan fingerprint density at radius 3 is 2.75 bits per heavy atom. The van der Waals surface area contributed by atoms with Crippen LogP contribution in [-0.4, -0.2) is 38.4 Å². The molecule has 0 aliphatic heterocycles. The van der Waals surface area contributed by atoms with Crippen LogP contribution in [0.15, 0.2) is 17.3 Å². The lowest BCUT2D eigenvalue weighted by atomic mass is 10.6. The standard InChI is InChI=1S/C6H9N7O2S/c1-12-10-6(9-11-12)4-13-3-5(2-8-13)16(7,14)15/h2-3H,4H2,1H3,(H2,7,14,15). The van der Waals surface area contributed by atoms with Crippen molar-refractivity contribution < 1.29 is 8.42 Å². The second-order valence-corrected chi connectivity index (χ2v) is 4.68. The summed E-state index contributed by atoms with van der Waals surface area (Å²) in [6.45, 7) is 0.239. The Hall–Kier alpha value is -1.81. The molecule has 0 atom stereocenters. The number of sulfonamides is 1. The Kier molecular flexibility index (Phi) is 2.44. The van der Waals surface area contributed by atoms with Gasteiger partial charge in [-0.2, -0.15) is 9.90 Å². The van der Waals surface area contributed by atoms with Gasteiger partial charge in [-0.15, -0.1) is 10.2 Å². The Bertz CT molecular complexity index is 598. The van der Waals surface area contributed by atoms with Crippen LogP contribution in [0.3, 0.4) is 0 Å². The van der Waals surface area contributed by atoms with Crippen LogP contribution in [0, 0.1) is 0 Å². The monoisotopic (exact) mass is 243 g/mol. The summed E-state index contributed by atoms with van der Waals surface area (Å²) in [5.41, 5.74) is 0. The molecule has 0 spiro atoms. The lowest BCUT2D eigenvalue weighted by molar-refractivity contribution is 0.596. The average molecular weight is 243 g/mol. The zero-order chi connectivity index (χ0) is 11.8. The highest BCUT2D eigenvalue weighted by Crippen LogP contribution is 2.04. The third-order valence-electron chi connectivity index (χ3n) is 1.79. The maximum Gasteiger partial charge on any atom is 0.241 e. The van der Waals surface area contributed by atoms with Crippen molar-refractivity contribution in [1.29, 1.82) is 0 Å². The molecule has 10 heteroatoms. The molecule has 0 aromatic carbocycles. The maximum atomic E-state index is 11.0. The van der Waals surface area contributed by atoms with E-state index in [2.05, 4.69) is 20.5 Å². The van der Waals surface area contributed by atoms with Gasteiger partial charge in [0, 0.05) is 6.20 Å². The molecule has 2 aromatic rings. The lowest BCUT2D eigenvalue weighted by Crippen LogP contribution is -2.11. The van der Waals surface area contributed by atoms with Gasteiger partial charge in [0.1, 0.15) is 11.4 Å². The zero-order valence-corrected chi connectivity index (χ0v) is 9.16. The van der Waals surface area contributed by atoms with E-state index in [9.17, 15) is 8.42 Å². The summed E-state index contributed by atoms with van der Waals surface area (Å²) in [4.78, 5) is 1.26. The van der Waals surface area contributed by atoms with Crippen molar-refractivity contribution in [2.24, 2.45) is 12.2 Å². The zero-order valence-electron chi connectivity index (χ0n) is 8.35. The number of tetrazole rings is 1. The molecule has 0 fully saturated rings. The highest BCUT2D eigenvalue weighted by molar-refractivity contribution is 7.89. The largest absolute Gasteiger partial charge is 0.264 e. The first kappa shape index (κ1) is 10.7. The first-order chi connectivity index (χ1) is 7.45. The molecule has 9 nitrogen and oxygen atoms in total. The fourth-order valence-corrected chi connectivity index (χ4v) is 1.57. The van der Waals surface area contributed by atoms with E-state index in [4.69, 9.17) is 5.14 Å². The smallest absolute Gasteiger partial charge is 0.241 e. The highest BCUT2D eigenvalue weighted by atomic mass is 32.2. The normalized spacial score (nSPS) is 11.9. The molecule has 2 rings (SSSR count). The molecule has 86 valence electrons. The van der Waals surface area contributed by atoms with Gasteiger partial charge in [-0.3, -0.25) is 4.68 Å². The number of hydrogen-bond donors (Lipinski definition) is 1. The summed E-state index contributed by atoms with van der Waals surface area (Å²) in [5.74, 6) is 0.437. The molecule has 2 N–H and O–H groups in total. The van der Waals surface area contributed by atoms with Crippen molar-refractivity contribution in [1.82, 2.24) is 30.0 Å². The summed E-state index contributed by atoms with van der Waals surface area (Å²) < 4.78 is 23.3. The molecule has 2 aromatic heterocycles. The Morgan fingerprint density at radius 1 is 1.50 bits per heavy atom. The second kappa shape index (κ2) is 3.64. The molecule has 0 unspecified atom stereocenters. The molecule has 0 radical (unpaired) electrons. The molecule has 0 aliphatic rings. The van der Waals surface area contributed by atoms with Crippen LogP contribution in [0.25, 0.3) is 0 Å². The first-order valence-electron chi connectivity index (χ1n) is 4.23. The van der Waals surface area contributed by atoms with Crippen molar-refractivity contribution in [2.75, 3.05) is 0 Å². The minimum Gasteiger partial charge on any atom is -0.264 e. The minimum absolute atomic E-state index is 0.0450. The van der Waals surface area contributed by atoms with E-state index < -0.39 is 10.0 Å². The first-order valence-corrected chi connectivity index (χ1v) is 5.78. The van der Waals surface area contributed by atoms with E-state index in [1.165, 1.54) is 21.9 Å². The number of nitrogens with zero attached hydrogens (tertiary/aromatic N) is 6. The van der Waals surface area contributed by atoms with E-state index in [-0.39, 0.29) is 11.4 Å². The van der Waals surface area contributed by atoms with Crippen LogP contribution in [0.5, 0.6) is 0 Å². The van der Waals surface area contributed by atoms with Crippen molar-refractivity contribution in [3.05, 3.63) is 18.2 Å². The summed E-state index contributed by atoms with van der Waals surface area (Å²) in [5, 5.41) is 20.1. The third-order valence-corrected chi connectivity index (χ3v) is 2.66. The van der Waals surface area contributed by atoms with Gasteiger partial charge >= 0.3 is 0 Å². The number of nitrogens with two attached hydrogens (primary N) is 1. The van der Waals surface area contributed by atoms with Gasteiger partial charge in [-0.25, -0.2) is 13.6 Å². The topological polar surface area (TPSA) is 122 Å². The van der Waals surface area contributed by atoms with Gasteiger partial charge in [0.25, 0.3) is 0 Å². The Balaban J connectivity index is 2.21. The molecule has 16 heavy (non-hydrogen) atoms. The maximum absolute atomic E-state index is 11.0. The predicted molar refractivity (Wildman–Crippen MR) is 51.5 cm³/mol. The SMILES string of the molecule is Cn1nnc(Cn2cc(S(N)(=O)=O)cn2)n1. The van der Waals surface area contributed by atoms with Gasteiger partial charge in [-0.1, -0.05) is 0 Å². The van der Waals surface area contributed by atoms with Gasteiger partial charge in [0.05, 0.1) is 13.2 Å². The van der Waals surface area contributed by atoms with Crippen molar-refractivity contribution >= 4 is 10.0 Å². The quantitative estimate of drug-likeness (QED) is 0.672.